The Kier molecular flexibility index (Phi) is 3.98. The molecule has 102 valence electrons. The molecule has 1 atom stereocenters. The molecule has 0 aliphatic heterocycles. The summed E-state index contributed by atoms with van der Waals surface area (Å²) in [4.78, 5) is 0.478. The standard InChI is InChI=1S/C12H7BrF4OS/c13-7-4-10(19-5-7)11(18)6-1-2-9(14)8(3-6)12(15,16)17/h1-5,11,18H. The van der Waals surface area contributed by atoms with Gasteiger partial charge in [0.1, 0.15) is 11.9 Å². The van der Waals surface area contributed by atoms with E-state index in [1.807, 2.05) is 0 Å². The predicted octanol–water partition coefficient (Wildman–Crippen LogP) is 4.75. The first-order valence-corrected chi connectivity index (χ1v) is 6.75. The Balaban J connectivity index is 2.41. The van der Waals surface area contributed by atoms with E-state index in [4.69, 9.17) is 0 Å². The van der Waals surface area contributed by atoms with E-state index in [1.165, 1.54) is 11.3 Å². The number of aliphatic hydroxyl groups is 1. The number of rotatable bonds is 2. The highest BCUT2D eigenvalue weighted by atomic mass is 79.9. The Morgan fingerprint density at radius 3 is 2.42 bits per heavy atom. The van der Waals surface area contributed by atoms with E-state index >= 15 is 0 Å². The van der Waals surface area contributed by atoms with Crippen LogP contribution in [0.2, 0.25) is 0 Å². The molecule has 1 N–H and O–H groups in total. The van der Waals surface area contributed by atoms with Crippen LogP contribution in [-0.4, -0.2) is 5.11 Å². The minimum atomic E-state index is -4.78. The van der Waals surface area contributed by atoms with E-state index < -0.39 is 23.7 Å². The summed E-state index contributed by atoms with van der Waals surface area (Å²) >= 11 is 4.39. The molecule has 19 heavy (non-hydrogen) atoms. The van der Waals surface area contributed by atoms with Crippen molar-refractivity contribution in [2.45, 2.75) is 12.3 Å². The highest BCUT2D eigenvalue weighted by Crippen LogP contribution is 2.35. The summed E-state index contributed by atoms with van der Waals surface area (Å²) in [5.74, 6) is -1.35. The van der Waals surface area contributed by atoms with Crippen LogP contribution in [0.5, 0.6) is 0 Å². The SMILES string of the molecule is OC(c1ccc(F)c(C(F)(F)F)c1)c1cc(Br)cs1. The molecule has 0 aliphatic carbocycles. The average molecular weight is 355 g/mol. The van der Waals surface area contributed by atoms with Gasteiger partial charge in [-0.1, -0.05) is 6.07 Å². The summed E-state index contributed by atoms with van der Waals surface area (Å²) in [6.07, 6.45) is -5.99. The number of aliphatic hydroxyl groups excluding tert-OH is 1. The van der Waals surface area contributed by atoms with E-state index in [9.17, 15) is 22.7 Å². The third-order valence-corrected chi connectivity index (χ3v) is 4.21. The van der Waals surface area contributed by atoms with Gasteiger partial charge in [0.25, 0.3) is 0 Å². The molecule has 1 nitrogen and oxygen atoms in total. The van der Waals surface area contributed by atoms with Crippen molar-refractivity contribution in [2.24, 2.45) is 0 Å². The van der Waals surface area contributed by atoms with Gasteiger partial charge in [0.15, 0.2) is 0 Å². The zero-order valence-corrected chi connectivity index (χ0v) is 11.6. The molecule has 0 aliphatic rings. The number of thiophene rings is 1. The number of alkyl halides is 3. The average Bonchev–Trinajstić information content (AvgIpc) is 2.74. The molecular formula is C12H7BrF4OS. The van der Waals surface area contributed by atoms with Crippen molar-refractivity contribution in [3.05, 3.63) is 55.9 Å². The zero-order valence-electron chi connectivity index (χ0n) is 9.21. The third-order valence-electron chi connectivity index (χ3n) is 2.47. The molecule has 1 aromatic heterocycles. The molecule has 2 aromatic rings. The molecular weight excluding hydrogens is 348 g/mol. The first-order chi connectivity index (χ1) is 8.79. The monoisotopic (exact) mass is 354 g/mol. The minimum Gasteiger partial charge on any atom is -0.383 e. The fourth-order valence-corrected chi connectivity index (χ4v) is 3.02. The van der Waals surface area contributed by atoms with Gasteiger partial charge in [-0.05, 0) is 39.7 Å². The third kappa shape index (κ3) is 3.16. The van der Waals surface area contributed by atoms with Crippen LogP contribution in [-0.2, 0) is 6.18 Å². The largest absolute Gasteiger partial charge is 0.419 e. The smallest absolute Gasteiger partial charge is 0.383 e. The van der Waals surface area contributed by atoms with Gasteiger partial charge in [0.05, 0.1) is 5.56 Å². The highest BCUT2D eigenvalue weighted by molar-refractivity contribution is 9.10. The van der Waals surface area contributed by atoms with Crippen LogP contribution in [0.1, 0.15) is 22.1 Å². The Labute approximate surface area is 118 Å². The lowest BCUT2D eigenvalue weighted by molar-refractivity contribution is -0.140. The van der Waals surface area contributed by atoms with Crippen molar-refractivity contribution in [3.8, 4) is 0 Å². The molecule has 0 saturated heterocycles. The van der Waals surface area contributed by atoms with E-state index in [0.717, 1.165) is 10.5 Å². The molecule has 0 radical (unpaired) electrons. The van der Waals surface area contributed by atoms with Crippen LogP contribution < -0.4 is 0 Å². The van der Waals surface area contributed by atoms with E-state index in [0.29, 0.717) is 17.0 Å². The zero-order chi connectivity index (χ0) is 14.2. The van der Waals surface area contributed by atoms with Gasteiger partial charge in [-0.15, -0.1) is 11.3 Å². The fraction of sp³-hybridized carbons (Fsp3) is 0.167. The lowest BCUT2D eigenvalue weighted by Gasteiger charge is -2.13. The first-order valence-electron chi connectivity index (χ1n) is 5.07. The van der Waals surface area contributed by atoms with Crippen molar-refractivity contribution in [3.63, 3.8) is 0 Å². The van der Waals surface area contributed by atoms with Crippen molar-refractivity contribution >= 4 is 27.3 Å². The van der Waals surface area contributed by atoms with E-state index in [-0.39, 0.29) is 5.56 Å². The Morgan fingerprint density at radius 1 is 1.21 bits per heavy atom. The topological polar surface area (TPSA) is 20.2 Å². The maximum absolute atomic E-state index is 13.1. The lowest BCUT2D eigenvalue weighted by Crippen LogP contribution is -2.10. The Bertz CT molecular complexity index is 594. The Morgan fingerprint density at radius 2 is 1.89 bits per heavy atom. The molecule has 2 rings (SSSR count). The van der Waals surface area contributed by atoms with Gasteiger partial charge in [0.2, 0.25) is 0 Å². The Hall–Kier alpha value is -0.920. The van der Waals surface area contributed by atoms with Crippen LogP contribution in [0.4, 0.5) is 17.6 Å². The maximum atomic E-state index is 13.1. The summed E-state index contributed by atoms with van der Waals surface area (Å²) in [6.45, 7) is 0. The molecule has 1 heterocycles. The highest BCUT2D eigenvalue weighted by Gasteiger charge is 2.34. The second-order valence-electron chi connectivity index (χ2n) is 3.81. The van der Waals surface area contributed by atoms with E-state index in [1.54, 1.807) is 11.4 Å². The molecule has 0 amide bonds. The van der Waals surface area contributed by atoms with Gasteiger partial charge in [-0.25, -0.2) is 4.39 Å². The maximum Gasteiger partial charge on any atom is 0.419 e. The van der Waals surface area contributed by atoms with Gasteiger partial charge in [0, 0.05) is 14.7 Å². The number of halogens is 5. The number of benzene rings is 1. The van der Waals surface area contributed by atoms with Crippen LogP contribution >= 0.6 is 27.3 Å². The number of hydrogen-bond acceptors (Lipinski definition) is 2. The molecule has 1 aromatic carbocycles. The summed E-state index contributed by atoms with van der Waals surface area (Å²) < 4.78 is 51.6. The summed E-state index contributed by atoms with van der Waals surface area (Å²) in [5, 5.41) is 11.7. The summed E-state index contributed by atoms with van der Waals surface area (Å²) in [5.41, 5.74) is -1.37. The van der Waals surface area contributed by atoms with Crippen molar-refractivity contribution < 1.29 is 22.7 Å². The molecule has 0 saturated carbocycles. The number of hydrogen-bond donors (Lipinski definition) is 1. The predicted molar refractivity (Wildman–Crippen MR) is 67.5 cm³/mol. The van der Waals surface area contributed by atoms with Gasteiger partial charge >= 0.3 is 6.18 Å². The van der Waals surface area contributed by atoms with Gasteiger partial charge < -0.3 is 5.11 Å². The van der Waals surface area contributed by atoms with Crippen LogP contribution in [0.15, 0.2) is 34.1 Å². The van der Waals surface area contributed by atoms with Gasteiger partial charge in [-0.3, -0.25) is 0 Å². The van der Waals surface area contributed by atoms with Crippen molar-refractivity contribution in [2.75, 3.05) is 0 Å². The van der Waals surface area contributed by atoms with Crippen LogP contribution in [0.3, 0.4) is 0 Å². The molecule has 7 heteroatoms. The summed E-state index contributed by atoms with van der Waals surface area (Å²) in [7, 11) is 0. The van der Waals surface area contributed by atoms with Gasteiger partial charge in [-0.2, -0.15) is 13.2 Å². The fourth-order valence-electron chi connectivity index (χ4n) is 1.57. The normalized spacial score (nSPS) is 13.6. The van der Waals surface area contributed by atoms with Crippen LogP contribution in [0.25, 0.3) is 0 Å². The first kappa shape index (κ1) is 14.5. The van der Waals surface area contributed by atoms with Crippen molar-refractivity contribution in [1.29, 1.82) is 0 Å². The minimum absolute atomic E-state index is 0.00285. The molecule has 0 fully saturated rings. The quantitative estimate of drug-likeness (QED) is 0.771. The summed E-state index contributed by atoms with van der Waals surface area (Å²) in [6, 6.07) is 4.09. The lowest BCUT2D eigenvalue weighted by atomic mass is 10.0. The van der Waals surface area contributed by atoms with Crippen molar-refractivity contribution in [1.82, 2.24) is 0 Å². The van der Waals surface area contributed by atoms with E-state index in [2.05, 4.69) is 15.9 Å². The molecule has 0 spiro atoms. The second-order valence-corrected chi connectivity index (χ2v) is 5.67. The molecule has 0 bridgehead atoms. The molecule has 1 unspecified atom stereocenters. The van der Waals surface area contributed by atoms with Crippen LogP contribution in [0, 0.1) is 5.82 Å². The second kappa shape index (κ2) is 5.22.